The molecule has 0 saturated heterocycles. The fourth-order valence-corrected chi connectivity index (χ4v) is 1.61. The van der Waals surface area contributed by atoms with Crippen molar-refractivity contribution < 1.29 is 18.7 Å². The standard InChI is InChI=1S/C16H15FO3/c1-12(18)19-10-14-4-8-16(9-5-14)20-11-13-2-6-15(17)7-3-13/h2-9H,10-11H2,1H3. The van der Waals surface area contributed by atoms with Crippen molar-refractivity contribution in [3.8, 4) is 5.75 Å². The molecule has 20 heavy (non-hydrogen) atoms. The maximum atomic E-state index is 12.7. The van der Waals surface area contributed by atoms with Gasteiger partial charge in [-0.15, -0.1) is 0 Å². The molecule has 0 aromatic heterocycles. The van der Waals surface area contributed by atoms with E-state index < -0.39 is 0 Å². The van der Waals surface area contributed by atoms with Gasteiger partial charge in [-0.1, -0.05) is 24.3 Å². The predicted octanol–water partition coefficient (Wildman–Crippen LogP) is 3.47. The molecule has 0 unspecified atom stereocenters. The predicted molar refractivity (Wildman–Crippen MR) is 72.6 cm³/mol. The van der Waals surface area contributed by atoms with Crippen molar-refractivity contribution in [3.63, 3.8) is 0 Å². The molecule has 104 valence electrons. The molecule has 0 aliphatic heterocycles. The highest BCUT2D eigenvalue weighted by Gasteiger charge is 1.99. The first-order chi connectivity index (χ1) is 9.63. The summed E-state index contributed by atoms with van der Waals surface area (Å²) in [7, 11) is 0. The summed E-state index contributed by atoms with van der Waals surface area (Å²) < 4.78 is 23.2. The third-order valence-corrected chi connectivity index (χ3v) is 2.68. The summed E-state index contributed by atoms with van der Waals surface area (Å²) in [6, 6.07) is 13.5. The van der Waals surface area contributed by atoms with E-state index in [0.717, 1.165) is 11.1 Å². The maximum Gasteiger partial charge on any atom is 0.302 e. The summed E-state index contributed by atoms with van der Waals surface area (Å²) in [6.07, 6.45) is 0. The molecule has 0 atom stereocenters. The Bertz CT molecular complexity index is 561. The van der Waals surface area contributed by atoms with Crippen molar-refractivity contribution in [2.45, 2.75) is 20.1 Å². The summed E-state index contributed by atoms with van der Waals surface area (Å²) in [5.41, 5.74) is 1.80. The first-order valence-electron chi connectivity index (χ1n) is 6.23. The lowest BCUT2D eigenvalue weighted by Crippen LogP contribution is -1.99. The molecular formula is C16H15FO3. The molecule has 0 N–H and O–H groups in total. The van der Waals surface area contributed by atoms with E-state index in [1.165, 1.54) is 19.1 Å². The molecule has 2 rings (SSSR count). The molecule has 0 aliphatic carbocycles. The lowest BCUT2D eigenvalue weighted by Gasteiger charge is -2.07. The minimum Gasteiger partial charge on any atom is -0.489 e. The zero-order chi connectivity index (χ0) is 14.4. The van der Waals surface area contributed by atoms with E-state index >= 15 is 0 Å². The van der Waals surface area contributed by atoms with Gasteiger partial charge in [-0.3, -0.25) is 4.79 Å². The molecule has 2 aromatic rings. The van der Waals surface area contributed by atoms with Crippen LogP contribution in [0.3, 0.4) is 0 Å². The SMILES string of the molecule is CC(=O)OCc1ccc(OCc2ccc(F)cc2)cc1. The third-order valence-electron chi connectivity index (χ3n) is 2.68. The molecule has 0 fully saturated rings. The van der Waals surface area contributed by atoms with Crippen LogP contribution in [0.15, 0.2) is 48.5 Å². The lowest BCUT2D eigenvalue weighted by atomic mass is 10.2. The highest BCUT2D eigenvalue weighted by Crippen LogP contribution is 2.15. The molecule has 0 saturated carbocycles. The highest BCUT2D eigenvalue weighted by atomic mass is 19.1. The van der Waals surface area contributed by atoms with Crippen molar-refractivity contribution in [1.29, 1.82) is 0 Å². The Balaban J connectivity index is 1.87. The van der Waals surface area contributed by atoms with Gasteiger partial charge < -0.3 is 9.47 Å². The average Bonchev–Trinajstić information content (AvgIpc) is 2.45. The molecule has 0 amide bonds. The second-order valence-electron chi connectivity index (χ2n) is 4.34. The van der Waals surface area contributed by atoms with Crippen LogP contribution in [0.4, 0.5) is 4.39 Å². The summed E-state index contributed by atoms with van der Waals surface area (Å²) in [5.74, 6) is 0.145. The van der Waals surface area contributed by atoms with E-state index in [2.05, 4.69) is 0 Å². The fourth-order valence-electron chi connectivity index (χ4n) is 1.61. The van der Waals surface area contributed by atoms with E-state index in [4.69, 9.17) is 9.47 Å². The van der Waals surface area contributed by atoms with Crippen LogP contribution in [-0.2, 0) is 22.7 Å². The summed E-state index contributed by atoms with van der Waals surface area (Å²) in [4.78, 5) is 10.7. The van der Waals surface area contributed by atoms with Crippen molar-refractivity contribution in [2.75, 3.05) is 0 Å². The van der Waals surface area contributed by atoms with Crippen LogP contribution in [0.1, 0.15) is 18.1 Å². The van der Waals surface area contributed by atoms with Crippen LogP contribution < -0.4 is 4.74 Å². The molecule has 0 radical (unpaired) electrons. The second kappa shape index (κ2) is 6.70. The smallest absolute Gasteiger partial charge is 0.302 e. The Morgan fingerprint density at radius 1 is 0.950 bits per heavy atom. The molecule has 4 heteroatoms. The van der Waals surface area contributed by atoms with Crippen LogP contribution in [0.2, 0.25) is 0 Å². The monoisotopic (exact) mass is 274 g/mol. The normalized spacial score (nSPS) is 10.1. The minimum absolute atomic E-state index is 0.258. The van der Waals surface area contributed by atoms with Crippen LogP contribution in [0.5, 0.6) is 5.75 Å². The number of halogens is 1. The quantitative estimate of drug-likeness (QED) is 0.783. The zero-order valence-corrected chi connectivity index (χ0v) is 11.1. The Kier molecular flexibility index (Phi) is 4.71. The van der Waals surface area contributed by atoms with Gasteiger partial charge in [0.2, 0.25) is 0 Å². The first-order valence-corrected chi connectivity index (χ1v) is 6.23. The molecule has 0 heterocycles. The largest absolute Gasteiger partial charge is 0.489 e. The number of ether oxygens (including phenoxy) is 2. The van der Waals surface area contributed by atoms with Crippen molar-refractivity contribution in [2.24, 2.45) is 0 Å². The van der Waals surface area contributed by atoms with E-state index in [1.54, 1.807) is 12.1 Å². The van der Waals surface area contributed by atoms with Gasteiger partial charge in [0.1, 0.15) is 24.8 Å². The average molecular weight is 274 g/mol. The van der Waals surface area contributed by atoms with Gasteiger partial charge in [0, 0.05) is 6.92 Å². The number of esters is 1. The number of rotatable bonds is 5. The minimum atomic E-state index is -0.304. The van der Waals surface area contributed by atoms with Crippen molar-refractivity contribution >= 4 is 5.97 Å². The number of benzene rings is 2. The molecule has 0 aliphatic rings. The Morgan fingerprint density at radius 3 is 2.10 bits per heavy atom. The van der Waals surface area contributed by atoms with Crippen molar-refractivity contribution in [1.82, 2.24) is 0 Å². The molecule has 2 aromatic carbocycles. The van der Waals surface area contributed by atoms with E-state index in [-0.39, 0.29) is 18.4 Å². The number of carbonyl (C=O) groups excluding carboxylic acids is 1. The zero-order valence-electron chi connectivity index (χ0n) is 11.1. The third kappa shape index (κ3) is 4.39. The van der Waals surface area contributed by atoms with E-state index in [0.29, 0.717) is 12.4 Å². The van der Waals surface area contributed by atoms with Gasteiger partial charge in [-0.2, -0.15) is 0 Å². The number of hydrogen-bond acceptors (Lipinski definition) is 3. The first kappa shape index (κ1) is 14.1. The molecule has 0 bridgehead atoms. The van der Waals surface area contributed by atoms with Crippen LogP contribution in [0.25, 0.3) is 0 Å². The number of hydrogen-bond donors (Lipinski definition) is 0. The highest BCUT2D eigenvalue weighted by molar-refractivity contribution is 5.65. The molecular weight excluding hydrogens is 259 g/mol. The topological polar surface area (TPSA) is 35.5 Å². The van der Waals surface area contributed by atoms with E-state index in [1.807, 2.05) is 24.3 Å². The Hall–Kier alpha value is -2.36. The van der Waals surface area contributed by atoms with Gasteiger partial charge in [0.15, 0.2) is 0 Å². The number of carbonyl (C=O) groups is 1. The van der Waals surface area contributed by atoms with Gasteiger partial charge >= 0.3 is 5.97 Å². The van der Waals surface area contributed by atoms with Gasteiger partial charge in [-0.25, -0.2) is 4.39 Å². The fraction of sp³-hybridized carbons (Fsp3) is 0.188. The van der Waals surface area contributed by atoms with Gasteiger partial charge in [0.05, 0.1) is 0 Å². The molecule has 0 spiro atoms. The summed E-state index contributed by atoms with van der Waals surface area (Å²) in [6.45, 7) is 2.01. The van der Waals surface area contributed by atoms with Gasteiger partial charge in [0.25, 0.3) is 0 Å². The van der Waals surface area contributed by atoms with Crippen molar-refractivity contribution in [3.05, 3.63) is 65.5 Å². The summed E-state index contributed by atoms with van der Waals surface area (Å²) in [5, 5.41) is 0. The molecule has 3 nitrogen and oxygen atoms in total. The van der Waals surface area contributed by atoms with Crippen LogP contribution >= 0.6 is 0 Å². The van der Waals surface area contributed by atoms with Gasteiger partial charge in [-0.05, 0) is 35.4 Å². The van der Waals surface area contributed by atoms with E-state index in [9.17, 15) is 9.18 Å². The lowest BCUT2D eigenvalue weighted by molar-refractivity contribution is -0.142. The van der Waals surface area contributed by atoms with Crippen LogP contribution in [-0.4, -0.2) is 5.97 Å². The summed E-state index contributed by atoms with van der Waals surface area (Å²) >= 11 is 0. The second-order valence-corrected chi connectivity index (χ2v) is 4.34. The Morgan fingerprint density at radius 2 is 1.50 bits per heavy atom. The Labute approximate surface area is 117 Å². The maximum absolute atomic E-state index is 12.7. The van der Waals surface area contributed by atoms with Crippen LogP contribution in [0, 0.1) is 5.82 Å².